The fraction of sp³-hybridized carbons (Fsp3) is 0.197. The van der Waals surface area contributed by atoms with E-state index in [0.717, 1.165) is 43.5 Å². The number of nitrogens with one attached hydrogen (secondary N) is 6. The standard InChI is InChI=1S/C61H50BrCl2N7O18/c1-85-61(84)51-34-22-31(73)23-40(76)46(34)33-16-26(4-6-38(33)74)48-57(80)71-52(60(83)70-51)53(77)27-5-9-42(36(64)17-27)89-45-20-29-19-44(54(45)86-11-10-62)88-41-8-2-24(12-35(41)63)13-37-55(78)67-49(58(81)69-50(29)59(82)68-48)28-14-30(72)21-32(15-28)87-43-18-25(3-7-39(43)75)47(65)56(79)66-37/h2-9,12,14-23,37,47-53,72-77H,10-11,13,65H2,1H3,(H,66,79)(H,67,78)(H,68,82)(H,69,81)(H,70,83)(H,71,80)/t37-,47+,48-,49+,50-,51+,52+,53-/m1/s1. The molecule has 0 saturated heterocycles. The number of phenolic OH excluding ortho intramolecular Hbond substituents is 5. The molecule has 0 spiro atoms. The zero-order valence-corrected chi connectivity index (χ0v) is 49.1. The van der Waals surface area contributed by atoms with Gasteiger partial charge in [-0.05, 0) is 112 Å². The summed E-state index contributed by atoms with van der Waals surface area (Å²) >= 11 is 17.4. The van der Waals surface area contributed by atoms with Gasteiger partial charge in [0.1, 0.15) is 82.6 Å². The Bertz CT molecular complexity index is 4120. The van der Waals surface area contributed by atoms with Crippen molar-refractivity contribution in [1.82, 2.24) is 31.9 Å². The van der Waals surface area contributed by atoms with Crippen LogP contribution in [0.5, 0.6) is 69.0 Å². The highest BCUT2D eigenvalue weighted by Crippen LogP contribution is 2.49. The van der Waals surface area contributed by atoms with Crippen LogP contribution in [0.25, 0.3) is 11.1 Å². The Morgan fingerprint density at radius 1 is 0.573 bits per heavy atom. The third-order valence-corrected chi connectivity index (χ3v) is 15.9. The van der Waals surface area contributed by atoms with Crippen molar-refractivity contribution >= 4 is 80.5 Å². The minimum Gasteiger partial charge on any atom is -0.508 e. The molecule has 458 valence electrons. The van der Waals surface area contributed by atoms with Crippen LogP contribution in [0.4, 0.5) is 0 Å². The Hall–Kier alpha value is -9.99. The van der Waals surface area contributed by atoms with E-state index < -0.39 is 119 Å². The van der Waals surface area contributed by atoms with E-state index >= 15 is 14.4 Å². The molecular weight excluding hydrogens is 1270 g/mol. The van der Waals surface area contributed by atoms with Crippen LogP contribution in [0.3, 0.4) is 0 Å². The number of aliphatic hydroxyl groups is 1. The van der Waals surface area contributed by atoms with E-state index in [-0.39, 0.29) is 113 Å². The van der Waals surface area contributed by atoms with Crippen molar-refractivity contribution in [3.8, 4) is 80.1 Å². The molecule has 7 aromatic carbocycles. The van der Waals surface area contributed by atoms with E-state index in [1.807, 2.05) is 0 Å². The molecule has 0 fully saturated rings. The monoisotopic (exact) mass is 1320 g/mol. The number of fused-ring (bicyclic) bond motifs is 14. The number of aromatic hydroxyl groups is 5. The fourth-order valence-corrected chi connectivity index (χ4v) is 11.2. The first kappa shape index (κ1) is 60.7. The van der Waals surface area contributed by atoms with Crippen molar-refractivity contribution in [1.29, 1.82) is 0 Å². The van der Waals surface area contributed by atoms with Gasteiger partial charge in [0.05, 0.1) is 23.8 Å². The average molecular weight is 1320 g/mol. The van der Waals surface area contributed by atoms with Crippen molar-refractivity contribution in [2.24, 2.45) is 5.73 Å². The van der Waals surface area contributed by atoms with Gasteiger partial charge in [0.2, 0.25) is 41.2 Å². The number of amides is 6. The smallest absolute Gasteiger partial charge is 0.333 e. The quantitative estimate of drug-likeness (QED) is 0.0695. The molecule has 0 unspecified atom stereocenters. The molecule has 7 aromatic rings. The second kappa shape index (κ2) is 24.6. The Morgan fingerprint density at radius 2 is 1.17 bits per heavy atom. The predicted molar refractivity (Wildman–Crippen MR) is 317 cm³/mol. The van der Waals surface area contributed by atoms with E-state index in [9.17, 15) is 49.8 Å². The molecule has 6 heterocycles. The van der Waals surface area contributed by atoms with Gasteiger partial charge in [-0.1, -0.05) is 63.4 Å². The van der Waals surface area contributed by atoms with Crippen LogP contribution in [0.15, 0.2) is 115 Å². The average Bonchev–Trinajstić information content (AvgIpc) is 1.98. The first-order chi connectivity index (χ1) is 42.5. The van der Waals surface area contributed by atoms with Gasteiger partial charge < -0.3 is 92.0 Å². The maximum Gasteiger partial charge on any atom is 0.333 e. The number of esters is 1. The molecule has 28 heteroatoms. The largest absolute Gasteiger partial charge is 0.508 e. The number of hydrogen-bond donors (Lipinski definition) is 13. The Morgan fingerprint density at radius 3 is 1.84 bits per heavy atom. The third-order valence-electron chi connectivity index (χ3n) is 14.9. The molecule has 0 aromatic heterocycles. The van der Waals surface area contributed by atoms with Gasteiger partial charge in [0, 0.05) is 40.6 Å². The van der Waals surface area contributed by atoms with Gasteiger partial charge in [-0.3, -0.25) is 28.8 Å². The van der Waals surface area contributed by atoms with Crippen LogP contribution in [0.2, 0.25) is 10.0 Å². The minimum atomic E-state index is -2.12. The maximum absolute atomic E-state index is 15.9. The van der Waals surface area contributed by atoms with E-state index in [1.165, 1.54) is 78.9 Å². The number of phenols is 5. The highest BCUT2D eigenvalue weighted by molar-refractivity contribution is 9.09. The summed E-state index contributed by atoms with van der Waals surface area (Å²) in [6, 6.07) is 9.99. The van der Waals surface area contributed by atoms with Crippen molar-refractivity contribution in [2.75, 3.05) is 19.0 Å². The van der Waals surface area contributed by atoms with Crippen LogP contribution in [-0.2, 0) is 44.7 Å². The van der Waals surface area contributed by atoms with Crippen molar-refractivity contribution in [3.05, 3.63) is 164 Å². The summed E-state index contributed by atoms with van der Waals surface area (Å²) < 4.78 is 30.4. The third kappa shape index (κ3) is 12.2. The van der Waals surface area contributed by atoms with E-state index in [1.54, 1.807) is 0 Å². The zero-order chi connectivity index (χ0) is 63.3. The van der Waals surface area contributed by atoms with Crippen molar-refractivity contribution < 1.29 is 87.9 Å². The summed E-state index contributed by atoms with van der Waals surface area (Å²) in [6.07, 6.45) is -2.38. The number of methoxy groups -OCH3 is 1. The SMILES string of the molecule is COC(=O)[C@H]1NC(=O)[C@H]2NC(=O)[C@H](NC(=O)[C@@H]3NC(=O)[C@H]4NC(=O)[C@@H](Cc5ccc(c(Cl)c5)Oc5cc3cc(c5OCCBr)Oc3ccc(cc3Cl)[C@H]2O)NC(=O)[C@@H](N)c2ccc(O)c(c2)Oc2cc(O)cc4c2)c2ccc(O)c(c2)-c2c(O)cc(O)cc21. The molecule has 13 rings (SSSR count). The molecule has 25 nitrogen and oxygen atoms in total. The van der Waals surface area contributed by atoms with Crippen molar-refractivity contribution in [3.63, 3.8) is 0 Å². The number of aliphatic hydroxyl groups excluding tert-OH is 1. The summed E-state index contributed by atoms with van der Waals surface area (Å²) in [6.45, 7) is -0.0639. The molecule has 0 aliphatic carbocycles. The molecule has 17 bridgehead atoms. The molecule has 89 heavy (non-hydrogen) atoms. The molecule has 6 amide bonds. The van der Waals surface area contributed by atoms with Crippen LogP contribution in [0.1, 0.15) is 75.3 Å². The van der Waals surface area contributed by atoms with E-state index in [4.69, 9.17) is 52.6 Å². The Kier molecular flexibility index (Phi) is 16.8. The molecule has 6 aliphatic rings. The number of carbonyl (C=O) groups is 7. The van der Waals surface area contributed by atoms with Gasteiger partial charge in [-0.2, -0.15) is 0 Å². The first-order valence-corrected chi connectivity index (χ1v) is 28.8. The number of benzene rings is 7. The first-order valence-electron chi connectivity index (χ1n) is 26.9. The lowest BCUT2D eigenvalue weighted by molar-refractivity contribution is -0.146. The number of alkyl halides is 1. The molecule has 14 N–H and O–H groups in total. The van der Waals surface area contributed by atoms with E-state index in [0.29, 0.717) is 5.56 Å². The minimum absolute atomic E-state index is 0.0446. The number of ether oxygens (including phenoxy) is 5. The van der Waals surface area contributed by atoms with E-state index in [2.05, 4.69) is 47.8 Å². The molecular formula is C61H50BrCl2N7O18. The van der Waals surface area contributed by atoms with Gasteiger partial charge in [-0.25, -0.2) is 4.79 Å². The maximum atomic E-state index is 15.9. The Balaban J connectivity index is 1.16. The number of rotatable bonds is 4. The van der Waals surface area contributed by atoms with Crippen LogP contribution >= 0.6 is 39.1 Å². The molecule has 0 radical (unpaired) electrons. The summed E-state index contributed by atoms with van der Waals surface area (Å²) in [5.74, 6) is -12.3. The highest BCUT2D eigenvalue weighted by Gasteiger charge is 2.42. The van der Waals surface area contributed by atoms with Gasteiger partial charge in [-0.15, -0.1) is 0 Å². The number of hydrogen-bond acceptors (Lipinski definition) is 19. The lowest BCUT2D eigenvalue weighted by Crippen LogP contribution is -2.55. The van der Waals surface area contributed by atoms with Crippen LogP contribution < -0.4 is 56.6 Å². The fourth-order valence-electron chi connectivity index (χ4n) is 10.6. The number of carbonyl (C=O) groups excluding carboxylic acids is 7. The summed E-state index contributed by atoms with van der Waals surface area (Å²) in [7, 11) is 0.977. The normalized spacial score (nSPS) is 21.5. The second-order valence-corrected chi connectivity index (χ2v) is 22.4. The summed E-state index contributed by atoms with van der Waals surface area (Å²) in [4.78, 5) is 105. The van der Waals surface area contributed by atoms with Crippen LogP contribution in [0, 0.1) is 0 Å². The highest BCUT2D eigenvalue weighted by atomic mass is 79.9. The number of nitrogens with two attached hydrogens (primary N) is 1. The molecule has 6 aliphatic heterocycles. The Labute approximate surface area is 521 Å². The lowest BCUT2D eigenvalue weighted by atomic mass is 9.89. The van der Waals surface area contributed by atoms with Gasteiger partial charge in [0.15, 0.2) is 29.0 Å². The summed E-state index contributed by atoms with van der Waals surface area (Å²) in [5.41, 5.74) is 5.10. The summed E-state index contributed by atoms with van der Waals surface area (Å²) in [5, 5.41) is 84.0. The van der Waals surface area contributed by atoms with Gasteiger partial charge >= 0.3 is 5.97 Å². The van der Waals surface area contributed by atoms with Gasteiger partial charge in [0.25, 0.3) is 0 Å². The topological polar surface area (TPSA) is 385 Å². The number of halogens is 3. The lowest BCUT2D eigenvalue weighted by Gasteiger charge is -2.31. The molecule has 0 saturated carbocycles. The zero-order valence-electron chi connectivity index (χ0n) is 46.0. The molecule has 8 atom stereocenters. The van der Waals surface area contributed by atoms with Crippen LogP contribution in [-0.4, -0.2) is 103 Å². The second-order valence-electron chi connectivity index (χ2n) is 20.8. The predicted octanol–water partition coefficient (Wildman–Crippen LogP) is 6.14. The van der Waals surface area contributed by atoms with Crippen molar-refractivity contribution in [2.45, 2.75) is 54.8 Å².